The molecule has 1 spiro atoms. The molecule has 182 valence electrons. The van der Waals surface area contributed by atoms with Gasteiger partial charge in [-0.2, -0.15) is 0 Å². The monoisotopic (exact) mass is 457 g/mol. The van der Waals surface area contributed by atoms with Gasteiger partial charge >= 0.3 is 6.03 Å². The van der Waals surface area contributed by atoms with Crippen molar-refractivity contribution in [3.05, 3.63) is 23.8 Å². The SMILES string of the molecule is CCC(C)(C)C1CCC2(CC1)NC(=O)N(CN1CCC[C@@H]1c1cc(OC)ccc1OC)C2=O. The molecule has 3 fully saturated rings. The van der Waals surface area contributed by atoms with Crippen LogP contribution in [0.4, 0.5) is 4.79 Å². The predicted octanol–water partition coefficient (Wildman–Crippen LogP) is 4.72. The Kier molecular flexibility index (Phi) is 6.63. The molecule has 1 saturated carbocycles. The van der Waals surface area contributed by atoms with Gasteiger partial charge in [0, 0.05) is 18.2 Å². The summed E-state index contributed by atoms with van der Waals surface area (Å²) in [5, 5.41) is 3.09. The molecule has 1 aromatic carbocycles. The highest BCUT2D eigenvalue weighted by Gasteiger charge is 2.54. The van der Waals surface area contributed by atoms with Crippen LogP contribution in [0.25, 0.3) is 0 Å². The Labute approximate surface area is 197 Å². The lowest BCUT2D eigenvalue weighted by atomic mass is 9.65. The summed E-state index contributed by atoms with van der Waals surface area (Å²) in [6.45, 7) is 8.01. The number of nitrogens with zero attached hydrogens (tertiary/aromatic N) is 2. The van der Waals surface area contributed by atoms with Crippen molar-refractivity contribution in [3.8, 4) is 11.5 Å². The predicted molar refractivity (Wildman–Crippen MR) is 127 cm³/mol. The van der Waals surface area contributed by atoms with Gasteiger partial charge in [0.05, 0.1) is 20.9 Å². The maximum atomic E-state index is 13.5. The molecule has 2 aliphatic heterocycles. The fourth-order valence-electron chi connectivity index (χ4n) is 5.95. The summed E-state index contributed by atoms with van der Waals surface area (Å²) in [4.78, 5) is 30.2. The molecule has 4 rings (SSSR count). The molecular weight excluding hydrogens is 418 g/mol. The molecule has 3 amide bonds. The maximum absolute atomic E-state index is 13.5. The van der Waals surface area contributed by atoms with Crippen molar-refractivity contribution < 1.29 is 19.1 Å². The van der Waals surface area contributed by atoms with Crippen LogP contribution in [0.15, 0.2) is 18.2 Å². The van der Waals surface area contributed by atoms with E-state index >= 15 is 0 Å². The van der Waals surface area contributed by atoms with Gasteiger partial charge in [0.2, 0.25) is 0 Å². The van der Waals surface area contributed by atoms with Crippen molar-refractivity contribution in [1.82, 2.24) is 15.1 Å². The molecule has 1 aliphatic carbocycles. The normalized spacial score (nSPS) is 28.5. The van der Waals surface area contributed by atoms with Crippen LogP contribution in [0.5, 0.6) is 11.5 Å². The standard InChI is InChI=1S/C26H39N3O4/c1-6-25(2,3)18-11-13-26(14-12-18)23(30)29(24(31)27-26)17-28-15-7-8-21(28)20-16-19(32-4)9-10-22(20)33-5/h9-10,16,18,21H,6-8,11-15,17H2,1-5H3,(H,27,31)/t18?,21-,26?/m1/s1. The average Bonchev–Trinajstić information content (AvgIpc) is 3.37. The van der Waals surface area contributed by atoms with Crippen LogP contribution < -0.4 is 14.8 Å². The minimum absolute atomic E-state index is 0.0523. The fourth-order valence-corrected chi connectivity index (χ4v) is 5.95. The van der Waals surface area contributed by atoms with E-state index in [0.29, 0.717) is 12.6 Å². The molecular formula is C26H39N3O4. The van der Waals surface area contributed by atoms with Crippen molar-refractivity contribution in [2.75, 3.05) is 27.4 Å². The van der Waals surface area contributed by atoms with Crippen molar-refractivity contribution in [1.29, 1.82) is 0 Å². The molecule has 1 atom stereocenters. The van der Waals surface area contributed by atoms with Gasteiger partial charge in [-0.15, -0.1) is 0 Å². The van der Waals surface area contributed by atoms with Crippen LogP contribution in [-0.2, 0) is 4.79 Å². The Balaban J connectivity index is 1.48. The number of likely N-dealkylation sites (tertiary alicyclic amines) is 1. The van der Waals surface area contributed by atoms with E-state index in [1.807, 2.05) is 18.2 Å². The number of urea groups is 1. The van der Waals surface area contributed by atoms with E-state index in [1.165, 1.54) is 4.90 Å². The Morgan fingerprint density at radius 2 is 1.85 bits per heavy atom. The lowest BCUT2D eigenvalue weighted by molar-refractivity contribution is -0.134. The van der Waals surface area contributed by atoms with Gasteiger partial charge in [0.25, 0.3) is 5.91 Å². The van der Waals surface area contributed by atoms with Crippen LogP contribution in [0.2, 0.25) is 0 Å². The molecule has 2 saturated heterocycles. The molecule has 7 heteroatoms. The molecule has 33 heavy (non-hydrogen) atoms. The first-order valence-electron chi connectivity index (χ1n) is 12.3. The second-order valence-corrected chi connectivity index (χ2v) is 10.6. The highest BCUT2D eigenvalue weighted by molar-refractivity contribution is 6.07. The summed E-state index contributed by atoms with van der Waals surface area (Å²) < 4.78 is 11.0. The van der Waals surface area contributed by atoms with Gasteiger partial charge in [-0.1, -0.05) is 27.2 Å². The van der Waals surface area contributed by atoms with E-state index in [9.17, 15) is 9.59 Å². The van der Waals surface area contributed by atoms with Gasteiger partial charge in [-0.05, 0) is 68.1 Å². The van der Waals surface area contributed by atoms with E-state index < -0.39 is 5.54 Å². The number of benzene rings is 1. The first-order chi connectivity index (χ1) is 15.7. The Morgan fingerprint density at radius 1 is 1.12 bits per heavy atom. The third kappa shape index (κ3) is 4.32. The van der Waals surface area contributed by atoms with E-state index in [0.717, 1.165) is 68.6 Å². The summed E-state index contributed by atoms with van der Waals surface area (Å²) in [6.07, 6.45) is 6.51. The van der Waals surface area contributed by atoms with E-state index in [4.69, 9.17) is 9.47 Å². The van der Waals surface area contributed by atoms with Crippen LogP contribution >= 0.6 is 0 Å². The average molecular weight is 458 g/mol. The minimum Gasteiger partial charge on any atom is -0.497 e. The number of amides is 3. The van der Waals surface area contributed by atoms with Gasteiger partial charge in [-0.3, -0.25) is 9.69 Å². The number of hydrogen-bond donors (Lipinski definition) is 1. The zero-order chi connectivity index (χ0) is 23.8. The molecule has 0 aromatic heterocycles. The highest BCUT2D eigenvalue weighted by Crippen LogP contribution is 2.45. The van der Waals surface area contributed by atoms with Crippen molar-refractivity contribution in [3.63, 3.8) is 0 Å². The van der Waals surface area contributed by atoms with Crippen LogP contribution in [-0.4, -0.2) is 54.7 Å². The Morgan fingerprint density at radius 3 is 2.48 bits per heavy atom. The minimum atomic E-state index is -0.722. The molecule has 0 bridgehead atoms. The number of carbonyl (C=O) groups excluding carboxylic acids is 2. The number of imide groups is 1. The molecule has 3 aliphatic rings. The van der Waals surface area contributed by atoms with Gasteiger partial charge in [-0.25, -0.2) is 9.69 Å². The zero-order valence-corrected chi connectivity index (χ0v) is 20.8. The third-order valence-corrected chi connectivity index (χ3v) is 8.58. The molecule has 2 heterocycles. The number of methoxy groups -OCH3 is 2. The van der Waals surface area contributed by atoms with Crippen LogP contribution in [0.3, 0.4) is 0 Å². The highest BCUT2D eigenvalue weighted by atomic mass is 16.5. The topological polar surface area (TPSA) is 71.1 Å². The summed E-state index contributed by atoms with van der Waals surface area (Å²) in [7, 11) is 3.32. The largest absolute Gasteiger partial charge is 0.497 e. The maximum Gasteiger partial charge on any atom is 0.326 e. The fraction of sp³-hybridized carbons (Fsp3) is 0.692. The van der Waals surface area contributed by atoms with Crippen molar-refractivity contribution in [2.24, 2.45) is 11.3 Å². The number of nitrogens with one attached hydrogen (secondary N) is 1. The summed E-state index contributed by atoms with van der Waals surface area (Å²) >= 11 is 0. The smallest absolute Gasteiger partial charge is 0.326 e. The second-order valence-electron chi connectivity index (χ2n) is 10.6. The van der Waals surface area contributed by atoms with Gasteiger partial charge in [0.15, 0.2) is 0 Å². The summed E-state index contributed by atoms with van der Waals surface area (Å²) in [5.74, 6) is 2.12. The zero-order valence-electron chi connectivity index (χ0n) is 20.8. The lowest BCUT2D eigenvalue weighted by Crippen LogP contribution is -2.51. The molecule has 1 N–H and O–H groups in total. The molecule has 1 aromatic rings. The third-order valence-electron chi connectivity index (χ3n) is 8.58. The van der Waals surface area contributed by atoms with E-state index in [2.05, 4.69) is 31.0 Å². The Bertz CT molecular complexity index is 892. The van der Waals surface area contributed by atoms with Crippen molar-refractivity contribution >= 4 is 11.9 Å². The molecule has 0 unspecified atom stereocenters. The summed E-state index contributed by atoms with van der Waals surface area (Å²) in [6, 6.07) is 5.64. The number of ether oxygens (including phenoxy) is 2. The number of carbonyl (C=O) groups is 2. The first kappa shape index (κ1) is 23.9. The van der Waals surface area contributed by atoms with E-state index in [1.54, 1.807) is 14.2 Å². The molecule has 0 radical (unpaired) electrons. The van der Waals surface area contributed by atoms with Gasteiger partial charge < -0.3 is 14.8 Å². The van der Waals surface area contributed by atoms with Crippen LogP contribution in [0, 0.1) is 11.3 Å². The molecule has 7 nitrogen and oxygen atoms in total. The first-order valence-corrected chi connectivity index (χ1v) is 12.3. The van der Waals surface area contributed by atoms with E-state index in [-0.39, 0.29) is 23.4 Å². The van der Waals surface area contributed by atoms with Gasteiger partial charge in [0.1, 0.15) is 17.0 Å². The van der Waals surface area contributed by atoms with Crippen LogP contribution in [0.1, 0.15) is 77.3 Å². The lowest BCUT2D eigenvalue weighted by Gasteiger charge is -2.42. The number of rotatable bonds is 7. The summed E-state index contributed by atoms with van der Waals surface area (Å²) in [5.41, 5.74) is 0.588. The Hall–Kier alpha value is -2.28. The van der Waals surface area contributed by atoms with Crippen molar-refractivity contribution in [2.45, 2.75) is 77.3 Å². The second kappa shape index (κ2) is 9.16. The number of hydrogen-bond acceptors (Lipinski definition) is 5. The quantitative estimate of drug-likeness (QED) is 0.600.